The molecule has 2 aromatic heterocycles. The van der Waals surface area contributed by atoms with E-state index in [2.05, 4.69) is 15.3 Å². The smallest absolute Gasteiger partial charge is 0.233 e. The van der Waals surface area contributed by atoms with E-state index in [4.69, 9.17) is 4.42 Å². The number of carbonyl (C=O) groups excluding carboxylic acids is 1. The summed E-state index contributed by atoms with van der Waals surface area (Å²) in [6, 6.07) is 9.69. The average molecular weight is 315 g/mol. The van der Waals surface area contributed by atoms with Crippen LogP contribution in [0.5, 0.6) is 0 Å². The molecule has 0 saturated heterocycles. The van der Waals surface area contributed by atoms with Crippen molar-refractivity contribution in [3.8, 4) is 0 Å². The van der Waals surface area contributed by atoms with Crippen LogP contribution in [-0.2, 0) is 11.3 Å². The highest BCUT2D eigenvalue weighted by Gasteiger charge is 2.16. The summed E-state index contributed by atoms with van der Waals surface area (Å²) in [7, 11) is 0. The Labute approximate surface area is 132 Å². The van der Waals surface area contributed by atoms with Crippen molar-refractivity contribution >= 4 is 28.7 Å². The molecule has 1 atom stereocenters. The monoisotopic (exact) mass is 315 g/mol. The molecule has 0 radical (unpaired) electrons. The fourth-order valence-electron chi connectivity index (χ4n) is 2.11. The summed E-state index contributed by atoms with van der Waals surface area (Å²) in [5.74, 6) is 0.697. The number of H-pyrrole nitrogens is 1. The van der Waals surface area contributed by atoms with Crippen molar-refractivity contribution < 1.29 is 9.21 Å². The zero-order chi connectivity index (χ0) is 15.5. The number of hydrogen-bond donors (Lipinski definition) is 2. The zero-order valence-electron chi connectivity index (χ0n) is 12.4. The van der Waals surface area contributed by atoms with E-state index in [0.29, 0.717) is 6.54 Å². The molecule has 6 heteroatoms. The minimum absolute atomic E-state index is 0.0435. The van der Waals surface area contributed by atoms with Crippen molar-refractivity contribution in [1.29, 1.82) is 0 Å². The first kappa shape index (κ1) is 14.7. The number of aromatic nitrogens is 2. The molecule has 3 aromatic rings. The van der Waals surface area contributed by atoms with Crippen LogP contribution in [0.3, 0.4) is 0 Å². The van der Waals surface area contributed by atoms with E-state index in [9.17, 15) is 4.79 Å². The van der Waals surface area contributed by atoms with Crippen LogP contribution in [0.4, 0.5) is 0 Å². The van der Waals surface area contributed by atoms with Gasteiger partial charge >= 0.3 is 0 Å². The van der Waals surface area contributed by atoms with Crippen LogP contribution in [0.2, 0.25) is 0 Å². The number of aryl methyl sites for hydroxylation is 1. The number of amides is 1. The number of carbonyl (C=O) groups is 1. The number of thioether (sulfide) groups is 1. The minimum Gasteiger partial charge on any atom is -0.467 e. The molecule has 114 valence electrons. The molecule has 1 aromatic carbocycles. The van der Waals surface area contributed by atoms with E-state index >= 15 is 0 Å². The fraction of sp³-hybridized carbons (Fsp3) is 0.250. The lowest BCUT2D eigenvalue weighted by Gasteiger charge is -2.09. The Bertz CT molecular complexity index is 780. The van der Waals surface area contributed by atoms with Crippen LogP contribution in [-0.4, -0.2) is 21.1 Å². The van der Waals surface area contributed by atoms with Gasteiger partial charge in [0.2, 0.25) is 5.91 Å². The number of imidazole rings is 1. The van der Waals surface area contributed by atoms with Crippen LogP contribution in [0.15, 0.2) is 46.2 Å². The van der Waals surface area contributed by atoms with Crippen molar-refractivity contribution in [2.45, 2.75) is 30.8 Å². The lowest BCUT2D eigenvalue weighted by Crippen LogP contribution is -2.30. The summed E-state index contributed by atoms with van der Waals surface area (Å²) in [5, 5.41) is 3.36. The summed E-state index contributed by atoms with van der Waals surface area (Å²) in [4.78, 5) is 19.8. The van der Waals surface area contributed by atoms with Crippen LogP contribution in [0, 0.1) is 6.92 Å². The van der Waals surface area contributed by atoms with Crippen molar-refractivity contribution in [3.63, 3.8) is 0 Å². The predicted molar refractivity (Wildman–Crippen MR) is 86.7 cm³/mol. The Morgan fingerprint density at radius 1 is 1.45 bits per heavy atom. The van der Waals surface area contributed by atoms with E-state index in [0.717, 1.165) is 22.0 Å². The number of rotatable bonds is 5. The molecule has 3 rings (SSSR count). The third-order valence-corrected chi connectivity index (χ3v) is 4.27. The number of aromatic amines is 1. The van der Waals surface area contributed by atoms with E-state index in [1.807, 2.05) is 38.1 Å². The molecule has 5 nitrogen and oxygen atoms in total. The number of furan rings is 1. The lowest BCUT2D eigenvalue weighted by molar-refractivity contribution is -0.120. The Morgan fingerprint density at radius 3 is 3.09 bits per heavy atom. The highest BCUT2D eigenvalue weighted by Crippen LogP contribution is 2.24. The Balaban J connectivity index is 1.61. The molecule has 0 spiro atoms. The fourth-order valence-corrected chi connectivity index (χ4v) is 2.95. The summed E-state index contributed by atoms with van der Waals surface area (Å²) >= 11 is 1.41. The number of hydrogen-bond acceptors (Lipinski definition) is 4. The molecule has 0 unspecified atom stereocenters. The van der Waals surface area contributed by atoms with E-state index in [1.165, 1.54) is 17.3 Å². The second kappa shape index (κ2) is 6.27. The highest BCUT2D eigenvalue weighted by atomic mass is 32.2. The second-order valence-corrected chi connectivity index (χ2v) is 6.45. The first-order valence-corrected chi connectivity index (χ1v) is 7.93. The lowest BCUT2D eigenvalue weighted by atomic mass is 10.2. The number of nitrogens with zero attached hydrogens (tertiary/aromatic N) is 1. The van der Waals surface area contributed by atoms with Gasteiger partial charge in [-0.2, -0.15) is 0 Å². The molecular formula is C16H17N3O2S. The quantitative estimate of drug-likeness (QED) is 0.709. The molecular weight excluding hydrogens is 298 g/mol. The van der Waals surface area contributed by atoms with Gasteiger partial charge in [0.25, 0.3) is 0 Å². The topological polar surface area (TPSA) is 70.9 Å². The van der Waals surface area contributed by atoms with Crippen molar-refractivity contribution in [2.75, 3.05) is 0 Å². The Kier molecular flexibility index (Phi) is 4.20. The van der Waals surface area contributed by atoms with Crippen molar-refractivity contribution in [3.05, 3.63) is 47.9 Å². The summed E-state index contributed by atoms with van der Waals surface area (Å²) in [6.07, 6.45) is 1.59. The summed E-state index contributed by atoms with van der Waals surface area (Å²) in [6.45, 7) is 4.30. The molecule has 0 aliphatic heterocycles. The van der Waals surface area contributed by atoms with Gasteiger partial charge in [-0.1, -0.05) is 17.8 Å². The van der Waals surface area contributed by atoms with Crippen LogP contribution >= 0.6 is 11.8 Å². The third-order valence-electron chi connectivity index (χ3n) is 3.29. The van der Waals surface area contributed by atoms with Gasteiger partial charge in [-0.3, -0.25) is 4.79 Å². The van der Waals surface area contributed by atoms with Crippen molar-refractivity contribution in [2.24, 2.45) is 0 Å². The third kappa shape index (κ3) is 3.33. The minimum atomic E-state index is -0.239. The van der Waals surface area contributed by atoms with Gasteiger partial charge < -0.3 is 14.7 Å². The molecule has 2 N–H and O–H groups in total. The Morgan fingerprint density at radius 2 is 2.32 bits per heavy atom. The highest BCUT2D eigenvalue weighted by molar-refractivity contribution is 8.00. The molecule has 1 amide bonds. The Hall–Kier alpha value is -2.21. The largest absolute Gasteiger partial charge is 0.467 e. The van der Waals surface area contributed by atoms with Gasteiger partial charge in [0.15, 0.2) is 5.16 Å². The SMILES string of the molecule is Cc1ccc2nc(S[C@@H](C)C(=O)NCc3ccco3)[nH]c2c1. The van der Waals surface area contributed by atoms with Crippen LogP contribution in [0.1, 0.15) is 18.2 Å². The van der Waals surface area contributed by atoms with Gasteiger partial charge in [0.05, 0.1) is 29.1 Å². The zero-order valence-corrected chi connectivity index (χ0v) is 13.2. The predicted octanol–water partition coefficient (Wildman–Crippen LogP) is 3.26. The summed E-state index contributed by atoms with van der Waals surface area (Å²) < 4.78 is 5.19. The maximum absolute atomic E-state index is 12.1. The van der Waals surface area contributed by atoms with Crippen molar-refractivity contribution in [1.82, 2.24) is 15.3 Å². The maximum Gasteiger partial charge on any atom is 0.233 e. The van der Waals surface area contributed by atoms with E-state index in [-0.39, 0.29) is 11.2 Å². The van der Waals surface area contributed by atoms with Gasteiger partial charge in [0, 0.05) is 0 Å². The first-order valence-electron chi connectivity index (χ1n) is 7.05. The molecule has 0 bridgehead atoms. The van der Waals surface area contributed by atoms with E-state index < -0.39 is 0 Å². The normalized spacial score (nSPS) is 12.5. The number of fused-ring (bicyclic) bond motifs is 1. The van der Waals surface area contributed by atoms with E-state index in [1.54, 1.807) is 12.3 Å². The molecule has 22 heavy (non-hydrogen) atoms. The molecule has 0 aliphatic rings. The first-order chi connectivity index (χ1) is 10.6. The molecule has 0 fully saturated rings. The standard InChI is InChI=1S/C16H17N3O2S/c1-10-5-6-13-14(8-10)19-16(18-13)22-11(2)15(20)17-9-12-4-3-7-21-12/h3-8,11H,9H2,1-2H3,(H,17,20)(H,18,19)/t11-/m0/s1. The summed E-state index contributed by atoms with van der Waals surface area (Å²) in [5.41, 5.74) is 3.08. The second-order valence-electron chi connectivity index (χ2n) is 5.12. The van der Waals surface area contributed by atoms with Gasteiger partial charge in [-0.15, -0.1) is 0 Å². The van der Waals surface area contributed by atoms with Gasteiger partial charge in [0.1, 0.15) is 5.76 Å². The number of nitrogens with one attached hydrogen (secondary N) is 2. The number of benzene rings is 1. The van der Waals surface area contributed by atoms with Crippen LogP contribution < -0.4 is 5.32 Å². The van der Waals surface area contributed by atoms with Gasteiger partial charge in [-0.05, 0) is 43.7 Å². The van der Waals surface area contributed by atoms with Gasteiger partial charge in [-0.25, -0.2) is 4.98 Å². The maximum atomic E-state index is 12.1. The van der Waals surface area contributed by atoms with Crippen LogP contribution in [0.25, 0.3) is 11.0 Å². The molecule has 0 aliphatic carbocycles. The molecule has 2 heterocycles. The average Bonchev–Trinajstić information content (AvgIpc) is 3.12. The molecule has 0 saturated carbocycles.